The van der Waals surface area contributed by atoms with Gasteiger partial charge in [-0.25, -0.2) is 5.43 Å². The lowest BCUT2D eigenvalue weighted by Crippen LogP contribution is -2.42. The molecule has 2 aromatic rings. The first-order valence-electron chi connectivity index (χ1n) is 6.69. The molecule has 2 aromatic carbocycles. The van der Waals surface area contributed by atoms with Gasteiger partial charge in [0.1, 0.15) is 6.61 Å². The molecule has 0 saturated carbocycles. The Morgan fingerprint density at radius 2 is 2.05 bits per heavy atom. The van der Waals surface area contributed by atoms with Crippen molar-refractivity contribution in [3.8, 4) is 11.5 Å². The number of hydrogen-bond acceptors (Lipinski definition) is 4. The minimum absolute atomic E-state index is 0.162. The number of amides is 1. The third kappa shape index (κ3) is 3.46. The van der Waals surface area contributed by atoms with Crippen molar-refractivity contribution in [1.82, 2.24) is 5.43 Å². The van der Waals surface area contributed by atoms with Crippen LogP contribution in [0.15, 0.2) is 58.1 Å². The SMILES string of the molecule is O=C(NN=Cc1cccc(Br)c1)C1COc2ccccc2O1. The van der Waals surface area contributed by atoms with E-state index in [2.05, 4.69) is 26.5 Å². The molecule has 1 aliphatic rings. The Morgan fingerprint density at radius 3 is 2.86 bits per heavy atom. The monoisotopic (exact) mass is 360 g/mol. The summed E-state index contributed by atoms with van der Waals surface area (Å²) in [5, 5.41) is 3.93. The van der Waals surface area contributed by atoms with Gasteiger partial charge in [0.15, 0.2) is 11.5 Å². The smallest absolute Gasteiger partial charge is 0.284 e. The summed E-state index contributed by atoms with van der Waals surface area (Å²) >= 11 is 3.38. The zero-order chi connectivity index (χ0) is 15.4. The molecule has 1 heterocycles. The van der Waals surface area contributed by atoms with Gasteiger partial charge >= 0.3 is 0 Å². The molecule has 1 unspecified atom stereocenters. The van der Waals surface area contributed by atoms with Crippen LogP contribution in [-0.4, -0.2) is 24.8 Å². The average Bonchev–Trinajstić information content (AvgIpc) is 2.54. The van der Waals surface area contributed by atoms with Crippen LogP contribution in [0.5, 0.6) is 11.5 Å². The molecule has 5 nitrogen and oxygen atoms in total. The lowest BCUT2D eigenvalue weighted by atomic mass is 10.2. The summed E-state index contributed by atoms with van der Waals surface area (Å²) in [5.41, 5.74) is 3.34. The molecule has 0 fully saturated rings. The van der Waals surface area contributed by atoms with Crippen LogP contribution in [0.2, 0.25) is 0 Å². The number of nitrogens with zero attached hydrogens (tertiary/aromatic N) is 1. The first-order chi connectivity index (χ1) is 10.7. The van der Waals surface area contributed by atoms with Crippen molar-refractivity contribution in [3.05, 3.63) is 58.6 Å². The van der Waals surface area contributed by atoms with Crippen LogP contribution in [0, 0.1) is 0 Å². The summed E-state index contributed by atoms with van der Waals surface area (Å²) in [6.45, 7) is 0.162. The second kappa shape index (κ2) is 6.62. The third-order valence-electron chi connectivity index (χ3n) is 3.04. The van der Waals surface area contributed by atoms with Gasteiger partial charge in [-0.1, -0.05) is 40.2 Å². The number of rotatable bonds is 3. The lowest BCUT2D eigenvalue weighted by molar-refractivity contribution is -0.130. The fourth-order valence-corrected chi connectivity index (χ4v) is 2.39. The van der Waals surface area contributed by atoms with Gasteiger partial charge in [-0.2, -0.15) is 5.10 Å². The maximum Gasteiger partial charge on any atom is 0.284 e. The van der Waals surface area contributed by atoms with Gasteiger partial charge in [0.2, 0.25) is 6.10 Å². The number of hydrogen-bond donors (Lipinski definition) is 1. The number of hydrazone groups is 1. The Kier molecular flexibility index (Phi) is 4.39. The number of carbonyl (C=O) groups excluding carboxylic acids is 1. The molecule has 0 radical (unpaired) electrons. The molecule has 112 valence electrons. The van der Waals surface area contributed by atoms with E-state index in [9.17, 15) is 4.79 Å². The molecule has 3 rings (SSSR count). The first kappa shape index (κ1) is 14.6. The van der Waals surface area contributed by atoms with Gasteiger partial charge < -0.3 is 9.47 Å². The van der Waals surface area contributed by atoms with E-state index in [0.29, 0.717) is 11.5 Å². The Balaban J connectivity index is 1.59. The fraction of sp³-hybridized carbons (Fsp3) is 0.125. The Bertz CT molecular complexity index is 718. The molecule has 0 spiro atoms. The van der Waals surface area contributed by atoms with Crippen LogP contribution < -0.4 is 14.9 Å². The van der Waals surface area contributed by atoms with Crippen LogP contribution in [-0.2, 0) is 4.79 Å². The van der Waals surface area contributed by atoms with Gasteiger partial charge in [0, 0.05) is 4.47 Å². The summed E-state index contributed by atoms with van der Waals surface area (Å²) in [5.74, 6) is 0.856. The van der Waals surface area contributed by atoms with E-state index >= 15 is 0 Å². The summed E-state index contributed by atoms with van der Waals surface area (Å²) in [4.78, 5) is 12.0. The molecule has 0 aromatic heterocycles. The molecular formula is C16H13BrN2O3. The number of fused-ring (bicyclic) bond motifs is 1. The van der Waals surface area contributed by atoms with Crippen molar-refractivity contribution in [2.24, 2.45) is 5.10 Å². The largest absolute Gasteiger partial charge is 0.485 e. The van der Waals surface area contributed by atoms with Crippen LogP contribution in [0.3, 0.4) is 0 Å². The van der Waals surface area contributed by atoms with E-state index in [0.717, 1.165) is 10.0 Å². The third-order valence-corrected chi connectivity index (χ3v) is 3.53. The molecule has 1 amide bonds. The van der Waals surface area contributed by atoms with Gasteiger partial charge in [0.05, 0.1) is 6.21 Å². The van der Waals surface area contributed by atoms with Crippen molar-refractivity contribution in [2.75, 3.05) is 6.61 Å². The number of benzene rings is 2. The number of carbonyl (C=O) groups is 1. The van der Waals surface area contributed by atoms with Gasteiger partial charge in [-0.3, -0.25) is 4.79 Å². The first-order valence-corrected chi connectivity index (χ1v) is 7.48. The fourth-order valence-electron chi connectivity index (χ4n) is 1.98. The highest BCUT2D eigenvalue weighted by molar-refractivity contribution is 9.10. The predicted molar refractivity (Wildman–Crippen MR) is 86.2 cm³/mol. The highest BCUT2D eigenvalue weighted by Gasteiger charge is 2.26. The lowest BCUT2D eigenvalue weighted by Gasteiger charge is -2.24. The molecule has 22 heavy (non-hydrogen) atoms. The topological polar surface area (TPSA) is 59.9 Å². The van der Waals surface area contributed by atoms with Crippen molar-refractivity contribution in [2.45, 2.75) is 6.10 Å². The highest BCUT2D eigenvalue weighted by atomic mass is 79.9. The van der Waals surface area contributed by atoms with Crippen LogP contribution in [0.25, 0.3) is 0 Å². The molecule has 1 N–H and O–H groups in total. The van der Waals surface area contributed by atoms with E-state index in [1.165, 1.54) is 0 Å². The van der Waals surface area contributed by atoms with Crippen molar-refractivity contribution < 1.29 is 14.3 Å². The summed E-state index contributed by atoms with van der Waals surface area (Å²) in [6.07, 6.45) is 0.856. The minimum Gasteiger partial charge on any atom is -0.485 e. The Labute approximate surface area is 136 Å². The second-order valence-electron chi connectivity index (χ2n) is 4.65. The van der Waals surface area contributed by atoms with Crippen LogP contribution >= 0.6 is 15.9 Å². The van der Waals surface area contributed by atoms with Crippen molar-refractivity contribution in [3.63, 3.8) is 0 Å². The molecule has 0 saturated heterocycles. The van der Waals surface area contributed by atoms with Crippen molar-refractivity contribution in [1.29, 1.82) is 0 Å². The van der Waals surface area contributed by atoms with E-state index < -0.39 is 6.10 Å². The molecule has 1 aliphatic heterocycles. The Morgan fingerprint density at radius 1 is 1.23 bits per heavy atom. The maximum atomic E-state index is 12.0. The molecular weight excluding hydrogens is 348 g/mol. The number of halogens is 1. The normalized spacial score (nSPS) is 16.5. The highest BCUT2D eigenvalue weighted by Crippen LogP contribution is 2.30. The minimum atomic E-state index is -0.713. The average molecular weight is 361 g/mol. The second-order valence-corrected chi connectivity index (χ2v) is 5.57. The molecule has 1 atom stereocenters. The zero-order valence-corrected chi connectivity index (χ0v) is 13.1. The quantitative estimate of drug-likeness (QED) is 0.676. The van der Waals surface area contributed by atoms with E-state index in [1.54, 1.807) is 18.3 Å². The number of ether oxygens (including phenoxy) is 2. The molecule has 0 aliphatic carbocycles. The standard InChI is InChI=1S/C16H13BrN2O3/c17-12-5-3-4-11(8-12)9-18-19-16(20)15-10-21-13-6-1-2-7-14(13)22-15/h1-9,15H,10H2,(H,19,20). The van der Waals surface area contributed by atoms with Crippen LogP contribution in [0.1, 0.15) is 5.56 Å². The summed E-state index contributed by atoms with van der Waals surface area (Å²) < 4.78 is 12.0. The van der Waals surface area contributed by atoms with Gasteiger partial charge in [0.25, 0.3) is 5.91 Å². The van der Waals surface area contributed by atoms with Gasteiger partial charge in [-0.15, -0.1) is 0 Å². The molecule has 6 heteroatoms. The van der Waals surface area contributed by atoms with Gasteiger partial charge in [-0.05, 0) is 29.8 Å². The van der Waals surface area contributed by atoms with Crippen LogP contribution in [0.4, 0.5) is 0 Å². The zero-order valence-electron chi connectivity index (χ0n) is 11.5. The maximum absolute atomic E-state index is 12.0. The van der Waals surface area contributed by atoms with E-state index in [-0.39, 0.29) is 12.5 Å². The summed E-state index contributed by atoms with van der Waals surface area (Å²) in [6, 6.07) is 14.8. The van der Waals surface area contributed by atoms with E-state index in [4.69, 9.17) is 9.47 Å². The predicted octanol–water partition coefficient (Wildman–Crippen LogP) is 2.74. The number of nitrogens with one attached hydrogen (secondary N) is 1. The number of para-hydroxylation sites is 2. The van der Waals surface area contributed by atoms with E-state index in [1.807, 2.05) is 36.4 Å². The summed E-state index contributed by atoms with van der Waals surface area (Å²) in [7, 11) is 0. The van der Waals surface area contributed by atoms with Crippen molar-refractivity contribution >= 4 is 28.1 Å². The molecule has 0 bridgehead atoms. The Hall–Kier alpha value is -2.34.